The fourth-order valence-corrected chi connectivity index (χ4v) is 3.92. The summed E-state index contributed by atoms with van der Waals surface area (Å²) >= 11 is 2.51. The largest absolute Gasteiger partial charge is 0.244 e. The quantitative estimate of drug-likeness (QED) is 0.616. The van der Waals surface area contributed by atoms with Crippen molar-refractivity contribution in [3.05, 3.63) is 21.5 Å². The standard InChI is InChI=1S/C14H2N6S2/c15-1-7(2-16)9-11-13(21-5-19-11)10(8(3-17)4-18)14-12(9)20-6-22-14/h5-6H. The van der Waals surface area contributed by atoms with Crippen LogP contribution in [0, 0.1) is 45.3 Å². The number of rotatable bonds is 0. The molecule has 100 valence electrons. The van der Waals surface area contributed by atoms with Crippen LogP contribution in [0.5, 0.6) is 0 Å². The van der Waals surface area contributed by atoms with E-state index >= 15 is 0 Å². The van der Waals surface area contributed by atoms with E-state index in [9.17, 15) is 21.0 Å². The molecule has 0 saturated carbocycles. The first-order chi connectivity index (χ1) is 10.8. The summed E-state index contributed by atoms with van der Waals surface area (Å²) < 4.78 is 1.21. The number of thiazole rings is 2. The summed E-state index contributed by atoms with van der Waals surface area (Å²) in [6.45, 7) is 0. The van der Waals surface area contributed by atoms with Crippen LogP contribution in [0.2, 0.25) is 0 Å². The van der Waals surface area contributed by atoms with Gasteiger partial charge in [-0.15, -0.1) is 22.7 Å². The van der Waals surface area contributed by atoms with Gasteiger partial charge >= 0.3 is 0 Å². The highest BCUT2D eigenvalue weighted by atomic mass is 32.1. The molecular formula is C14H2N6S2. The zero-order valence-corrected chi connectivity index (χ0v) is 12.3. The highest BCUT2D eigenvalue weighted by molar-refractivity contribution is 7.19. The van der Waals surface area contributed by atoms with Gasteiger partial charge in [0.05, 0.1) is 36.7 Å². The number of benzene rings is 1. The number of nitrogens with zero attached hydrogens (tertiary/aromatic N) is 6. The van der Waals surface area contributed by atoms with Crippen LogP contribution in [0.15, 0.2) is 11.0 Å². The van der Waals surface area contributed by atoms with Crippen molar-refractivity contribution in [2.24, 2.45) is 0 Å². The summed E-state index contributed by atoms with van der Waals surface area (Å²) in [6, 6.07) is 7.48. The third-order valence-corrected chi connectivity index (χ3v) is 4.70. The van der Waals surface area contributed by atoms with Crippen LogP contribution in [-0.4, -0.2) is 9.97 Å². The summed E-state index contributed by atoms with van der Waals surface area (Å²) in [5.41, 5.74) is 3.82. The van der Waals surface area contributed by atoms with E-state index in [0.717, 1.165) is 0 Å². The molecular weight excluding hydrogens is 316 g/mol. The summed E-state index contributed by atoms with van der Waals surface area (Å²) in [5.74, 6) is 0. The van der Waals surface area contributed by atoms with Gasteiger partial charge in [0.15, 0.2) is 0 Å². The lowest BCUT2D eigenvalue weighted by Crippen LogP contribution is -2.16. The Bertz CT molecular complexity index is 1030. The molecule has 8 heteroatoms. The van der Waals surface area contributed by atoms with Gasteiger partial charge in [0.2, 0.25) is 0 Å². The Hall–Kier alpha value is -3.30. The first kappa shape index (κ1) is 13.7. The van der Waals surface area contributed by atoms with Crippen LogP contribution in [0.25, 0.3) is 31.6 Å². The molecule has 2 aromatic heterocycles. The zero-order chi connectivity index (χ0) is 15.7. The van der Waals surface area contributed by atoms with Crippen molar-refractivity contribution in [1.82, 2.24) is 9.97 Å². The third kappa shape index (κ3) is 1.74. The SMILES string of the molecule is N#CC(C#N)=c1c2ncsc2c(=C(C#N)C#N)c2scnc12. The van der Waals surface area contributed by atoms with E-state index in [0.29, 0.717) is 30.9 Å². The van der Waals surface area contributed by atoms with E-state index in [1.165, 1.54) is 22.7 Å². The van der Waals surface area contributed by atoms with E-state index in [-0.39, 0.29) is 11.1 Å². The number of hydrogen-bond acceptors (Lipinski definition) is 8. The molecule has 0 unspecified atom stereocenters. The molecule has 0 aliphatic rings. The fourth-order valence-electron chi connectivity index (χ4n) is 2.16. The minimum Gasteiger partial charge on any atom is -0.244 e. The normalized spacial score (nSPS) is 9.64. The highest BCUT2D eigenvalue weighted by Crippen LogP contribution is 2.20. The number of fused-ring (bicyclic) bond motifs is 2. The van der Waals surface area contributed by atoms with E-state index in [4.69, 9.17) is 0 Å². The molecule has 0 amide bonds. The summed E-state index contributed by atoms with van der Waals surface area (Å²) in [5, 5.41) is 37.6. The number of aromatic nitrogens is 2. The molecule has 3 aromatic rings. The lowest BCUT2D eigenvalue weighted by atomic mass is 10.1. The van der Waals surface area contributed by atoms with Crippen LogP contribution < -0.4 is 10.4 Å². The lowest BCUT2D eigenvalue weighted by molar-refractivity contribution is 1.43. The van der Waals surface area contributed by atoms with E-state index in [2.05, 4.69) is 9.97 Å². The Labute approximate surface area is 131 Å². The van der Waals surface area contributed by atoms with Gasteiger partial charge in [-0.1, -0.05) is 0 Å². The Morgan fingerprint density at radius 1 is 0.727 bits per heavy atom. The second kappa shape index (κ2) is 5.24. The predicted molar refractivity (Wildman–Crippen MR) is 81.3 cm³/mol. The molecule has 0 aliphatic carbocycles. The van der Waals surface area contributed by atoms with Gasteiger partial charge in [0.25, 0.3) is 0 Å². The van der Waals surface area contributed by atoms with Crippen LogP contribution in [0.1, 0.15) is 0 Å². The molecule has 3 rings (SSSR count). The third-order valence-electron chi connectivity index (χ3n) is 3.01. The number of nitriles is 4. The maximum absolute atomic E-state index is 9.19. The first-order valence-electron chi connectivity index (χ1n) is 5.74. The van der Waals surface area contributed by atoms with Crippen LogP contribution in [-0.2, 0) is 0 Å². The molecule has 0 radical (unpaired) electrons. The van der Waals surface area contributed by atoms with Crippen LogP contribution in [0.4, 0.5) is 0 Å². The molecule has 0 N–H and O–H groups in total. The lowest BCUT2D eigenvalue weighted by Gasteiger charge is -1.97. The van der Waals surface area contributed by atoms with Crippen molar-refractivity contribution < 1.29 is 0 Å². The average Bonchev–Trinajstić information content (AvgIpc) is 3.19. The van der Waals surface area contributed by atoms with E-state index < -0.39 is 0 Å². The van der Waals surface area contributed by atoms with Gasteiger partial charge in [0.1, 0.15) is 35.4 Å². The van der Waals surface area contributed by atoms with Gasteiger partial charge in [-0.2, -0.15) is 21.0 Å². The minimum absolute atomic E-state index is 0.0366. The molecule has 0 spiro atoms. The molecule has 22 heavy (non-hydrogen) atoms. The van der Waals surface area contributed by atoms with Crippen molar-refractivity contribution >= 4 is 54.3 Å². The smallest absolute Gasteiger partial charge is 0.141 e. The fraction of sp³-hybridized carbons (Fsp3) is 0. The topological polar surface area (TPSA) is 121 Å². The second-order valence-electron chi connectivity index (χ2n) is 4.01. The van der Waals surface area contributed by atoms with Crippen molar-refractivity contribution in [3.8, 4) is 24.3 Å². The second-order valence-corrected chi connectivity index (χ2v) is 5.72. The number of hydrogen-bond donors (Lipinski definition) is 0. The van der Waals surface area contributed by atoms with Crippen molar-refractivity contribution in [2.75, 3.05) is 0 Å². The first-order valence-corrected chi connectivity index (χ1v) is 7.50. The van der Waals surface area contributed by atoms with Gasteiger partial charge in [0, 0.05) is 5.22 Å². The molecule has 0 atom stereocenters. The van der Waals surface area contributed by atoms with Crippen molar-refractivity contribution in [3.63, 3.8) is 0 Å². The molecule has 0 aliphatic heterocycles. The van der Waals surface area contributed by atoms with Gasteiger partial charge < -0.3 is 0 Å². The Morgan fingerprint density at radius 2 is 1.14 bits per heavy atom. The highest BCUT2D eigenvalue weighted by Gasteiger charge is 2.16. The van der Waals surface area contributed by atoms with Crippen LogP contribution in [0.3, 0.4) is 0 Å². The van der Waals surface area contributed by atoms with Crippen molar-refractivity contribution in [1.29, 1.82) is 21.0 Å². The zero-order valence-electron chi connectivity index (χ0n) is 10.7. The summed E-state index contributed by atoms with van der Waals surface area (Å²) in [6.07, 6.45) is 0. The maximum Gasteiger partial charge on any atom is 0.141 e. The Balaban J connectivity index is 2.89. The summed E-state index contributed by atoms with van der Waals surface area (Å²) in [4.78, 5) is 8.41. The predicted octanol–water partition coefficient (Wildman–Crippen LogP) is 1.30. The molecule has 0 fully saturated rings. The minimum atomic E-state index is -0.0891. The Morgan fingerprint density at radius 3 is 1.55 bits per heavy atom. The van der Waals surface area contributed by atoms with Gasteiger partial charge in [-0.05, 0) is 0 Å². The maximum atomic E-state index is 9.19. The average molecular weight is 318 g/mol. The molecule has 0 saturated heterocycles. The van der Waals surface area contributed by atoms with Crippen LogP contribution >= 0.6 is 22.7 Å². The van der Waals surface area contributed by atoms with E-state index in [1.807, 2.05) is 24.3 Å². The van der Waals surface area contributed by atoms with Gasteiger partial charge in [-0.3, -0.25) is 0 Å². The summed E-state index contributed by atoms with van der Waals surface area (Å²) in [7, 11) is 0. The molecule has 0 bridgehead atoms. The monoisotopic (exact) mass is 318 g/mol. The molecule has 2 heterocycles. The molecule has 1 aromatic carbocycles. The van der Waals surface area contributed by atoms with Crippen molar-refractivity contribution in [2.45, 2.75) is 0 Å². The van der Waals surface area contributed by atoms with E-state index in [1.54, 1.807) is 11.0 Å². The molecule has 6 nitrogen and oxygen atoms in total. The Kier molecular flexibility index (Phi) is 3.26. The van der Waals surface area contributed by atoms with Gasteiger partial charge in [-0.25, -0.2) is 9.97 Å².